The molecule has 20 heavy (non-hydrogen) atoms. The molecule has 0 aromatic heterocycles. The summed E-state index contributed by atoms with van der Waals surface area (Å²) in [5.41, 5.74) is 0.480. The van der Waals surface area contributed by atoms with Gasteiger partial charge in [0.05, 0.1) is 11.3 Å². The third-order valence-corrected chi connectivity index (χ3v) is 3.80. The van der Waals surface area contributed by atoms with Gasteiger partial charge in [0.15, 0.2) is 0 Å². The standard InChI is InChI=1S/C14H19BrN2O3/c1-8(14(2,3)4)16-13(20)17-11-7-9(12(18)19)5-6-10(11)15/h5-8H,1-4H3,(H,18,19)(H2,16,17,20). The number of amides is 2. The number of halogens is 1. The van der Waals surface area contributed by atoms with Crippen LogP contribution in [0.4, 0.5) is 10.5 Å². The highest BCUT2D eigenvalue weighted by Crippen LogP contribution is 2.24. The van der Waals surface area contributed by atoms with Crippen molar-refractivity contribution in [3.63, 3.8) is 0 Å². The van der Waals surface area contributed by atoms with E-state index in [0.717, 1.165) is 0 Å². The van der Waals surface area contributed by atoms with Crippen LogP contribution in [0.5, 0.6) is 0 Å². The monoisotopic (exact) mass is 342 g/mol. The van der Waals surface area contributed by atoms with Crippen molar-refractivity contribution in [2.75, 3.05) is 5.32 Å². The van der Waals surface area contributed by atoms with Gasteiger partial charge in [0.25, 0.3) is 0 Å². The van der Waals surface area contributed by atoms with Crippen LogP contribution in [-0.2, 0) is 0 Å². The van der Waals surface area contributed by atoms with E-state index in [-0.39, 0.29) is 23.1 Å². The Kier molecular flexibility index (Phi) is 5.16. The zero-order chi connectivity index (χ0) is 15.5. The molecule has 0 bridgehead atoms. The smallest absolute Gasteiger partial charge is 0.335 e. The minimum atomic E-state index is -1.04. The minimum Gasteiger partial charge on any atom is -0.478 e. The third-order valence-electron chi connectivity index (χ3n) is 3.11. The van der Waals surface area contributed by atoms with E-state index in [0.29, 0.717) is 10.2 Å². The third kappa shape index (κ3) is 4.52. The highest BCUT2D eigenvalue weighted by Gasteiger charge is 2.22. The molecule has 5 nitrogen and oxygen atoms in total. The molecule has 0 saturated heterocycles. The number of hydrogen-bond donors (Lipinski definition) is 3. The van der Waals surface area contributed by atoms with Gasteiger partial charge in [0.2, 0.25) is 0 Å². The average molecular weight is 343 g/mol. The molecule has 0 fully saturated rings. The van der Waals surface area contributed by atoms with Crippen LogP contribution < -0.4 is 10.6 Å². The zero-order valence-corrected chi connectivity index (χ0v) is 13.5. The Bertz CT molecular complexity index is 524. The summed E-state index contributed by atoms with van der Waals surface area (Å²) in [6, 6.07) is 4.08. The summed E-state index contributed by atoms with van der Waals surface area (Å²) in [6.45, 7) is 8.00. The SMILES string of the molecule is CC(NC(=O)Nc1cc(C(=O)O)ccc1Br)C(C)(C)C. The quantitative estimate of drug-likeness (QED) is 0.783. The molecular formula is C14H19BrN2O3. The molecule has 0 radical (unpaired) electrons. The predicted molar refractivity (Wildman–Crippen MR) is 82.2 cm³/mol. The van der Waals surface area contributed by atoms with E-state index >= 15 is 0 Å². The first-order chi connectivity index (χ1) is 9.11. The summed E-state index contributed by atoms with van der Waals surface area (Å²) >= 11 is 3.28. The van der Waals surface area contributed by atoms with Gasteiger partial charge < -0.3 is 15.7 Å². The molecule has 3 N–H and O–H groups in total. The van der Waals surface area contributed by atoms with Crippen LogP contribution >= 0.6 is 15.9 Å². The van der Waals surface area contributed by atoms with Crippen molar-refractivity contribution in [3.05, 3.63) is 28.2 Å². The topological polar surface area (TPSA) is 78.4 Å². The molecule has 1 aromatic carbocycles. The number of benzene rings is 1. The number of carbonyl (C=O) groups is 2. The van der Waals surface area contributed by atoms with E-state index in [9.17, 15) is 9.59 Å². The maximum absolute atomic E-state index is 11.9. The van der Waals surface area contributed by atoms with E-state index < -0.39 is 5.97 Å². The highest BCUT2D eigenvalue weighted by atomic mass is 79.9. The summed E-state index contributed by atoms with van der Waals surface area (Å²) in [5.74, 6) is -1.04. The Morgan fingerprint density at radius 3 is 2.40 bits per heavy atom. The van der Waals surface area contributed by atoms with Gasteiger partial charge in [0.1, 0.15) is 0 Å². The Morgan fingerprint density at radius 2 is 1.90 bits per heavy atom. The number of anilines is 1. The average Bonchev–Trinajstić information content (AvgIpc) is 2.30. The summed E-state index contributed by atoms with van der Waals surface area (Å²) in [4.78, 5) is 22.8. The van der Waals surface area contributed by atoms with Crippen molar-refractivity contribution >= 4 is 33.6 Å². The number of nitrogens with one attached hydrogen (secondary N) is 2. The van der Waals surface area contributed by atoms with Crippen molar-refractivity contribution in [3.8, 4) is 0 Å². The number of aromatic carboxylic acids is 1. The molecule has 0 spiro atoms. The lowest BCUT2D eigenvalue weighted by Gasteiger charge is -2.28. The largest absolute Gasteiger partial charge is 0.478 e. The van der Waals surface area contributed by atoms with Crippen molar-refractivity contribution < 1.29 is 14.7 Å². The Hall–Kier alpha value is -1.56. The molecule has 0 aliphatic rings. The fourth-order valence-corrected chi connectivity index (χ4v) is 1.67. The van der Waals surface area contributed by atoms with Crippen LogP contribution in [0.1, 0.15) is 38.1 Å². The molecular weight excluding hydrogens is 324 g/mol. The molecule has 6 heteroatoms. The maximum atomic E-state index is 11.9. The van der Waals surface area contributed by atoms with Crippen molar-refractivity contribution in [1.82, 2.24) is 5.32 Å². The van der Waals surface area contributed by atoms with E-state index in [1.165, 1.54) is 12.1 Å². The lowest BCUT2D eigenvalue weighted by molar-refractivity contribution is 0.0697. The molecule has 1 aromatic rings. The molecule has 0 aliphatic heterocycles. The summed E-state index contributed by atoms with van der Waals surface area (Å²) in [6.07, 6.45) is 0. The van der Waals surface area contributed by atoms with E-state index in [1.54, 1.807) is 6.07 Å². The second kappa shape index (κ2) is 6.26. The first-order valence-electron chi connectivity index (χ1n) is 6.21. The molecule has 110 valence electrons. The number of carboxylic acids is 1. The Labute approximate surface area is 126 Å². The molecule has 2 amide bonds. The molecule has 0 heterocycles. The van der Waals surface area contributed by atoms with E-state index in [4.69, 9.17) is 5.11 Å². The van der Waals surface area contributed by atoms with Crippen LogP contribution in [0.15, 0.2) is 22.7 Å². The first-order valence-corrected chi connectivity index (χ1v) is 7.01. The molecule has 1 unspecified atom stereocenters. The molecule has 1 atom stereocenters. The van der Waals surface area contributed by atoms with Gasteiger partial charge in [-0.25, -0.2) is 9.59 Å². The second-order valence-corrected chi connectivity index (χ2v) is 6.54. The summed E-state index contributed by atoms with van der Waals surface area (Å²) in [5, 5.41) is 14.4. The van der Waals surface area contributed by atoms with Crippen molar-refractivity contribution in [1.29, 1.82) is 0 Å². The minimum absolute atomic E-state index is 0.0241. The van der Waals surface area contributed by atoms with Gasteiger partial charge in [-0.15, -0.1) is 0 Å². The maximum Gasteiger partial charge on any atom is 0.335 e. The van der Waals surface area contributed by atoms with Crippen LogP contribution in [-0.4, -0.2) is 23.1 Å². The van der Waals surface area contributed by atoms with Crippen LogP contribution in [0.3, 0.4) is 0 Å². The van der Waals surface area contributed by atoms with Gasteiger partial charge in [-0.2, -0.15) is 0 Å². The summed E-state index contributed by atoms with van der Waals surface area (Å²) < 4.78 is 0.626. The van der Waals surface area contributed by atoms with Crippen LogP contribution in [0.2, 0.25) is 0 Å². The van der Waals surface area contributed by atoms with Gasteiger partial charge in [-0.05, 0) is 46.5 Å². The normalized spacial score (nSPS) is 12.7. The van der Waals surface area contributed by atoms with Crippen LogP contribution in [0.25, 0.3) is 0 Å². The highest BCUT2D eigenvalue weighted by molar-refractivity contribution is 9.10. The number of urea groups is 1. The lowest BCUT2D eigenvalue weighted by atomic mass is 9.88. The van der Waals surface area contributed by atoms with E-state index in [1.807, 2.05) is 27.7 Å². The second-order valence-electron chi connectivity index (χ2n) is 5.69. The molecule has 0 aliphatic carbocycles. The zero-order valence-electron chi connectivity index (χ0n) is 12.0. The molecule has 0 saturated carbocycles. The number of carboxylic acid groups (broad SMARTS) is 1. The summed E-state index contributed by atoms with van der Waals surface area (Å²) in [7, 11) is 0. The number of carbonyl (C=O) groups excluding carboxylic acids is 1. The van der Waals surface area contributed by atoms with Gasteiger partial charge >= 0.3 is 12.0 Å². The fourth-order valence-electron chi connectivity index (χ4n) is 1.33. The van der Waals surface area contributed by atoms with Gasteiger partial charge in [-0.1, -0.05) is 20.8 Å². The first kappa shape index (κ1) is 16.5. The predicted octanol–water partition coefficient (Wildman–Crippen LogP) is 3.70. The van der Waals surface area contributed by atoms with Crippen molar-refractivity contribution in [2.24, 2.45) is 5.41 Å². The van der Waals surface area contributed by atoms with Gasteiger partial charge in [-0.3, -0.25) is 0 Å². The molecule has 1 rings (SSSR count). The Balaban J connectivity index is 2.80. The lowest BCUT2D eigenvalue weighted by Crippen LogP contribution is -2.43. The van der Waals surface area contributed by atoms with Gasteiger partial charge in [0, 0.05) is 10.5 Å². The number of rotatable bonds is 3. The van der Waals surface area contributed by atoms with Crippen LogP contribution in [0, 0.1) is 5.41 Å². The fraction of sp³-hybridized carbons (Fsp3) is 0.429. The van der Waals surface area contributed by atoms with E-state index in [2.05, 4.69) is 26.6 Å². The number of hydrogen-bond acceptors (Lipinski definition) is 2. The Morgan fingerprint density at radius 1 is 1.30 bits per heavy atom. The van der Waals surface area contributed by atoms with Crippen molar-refractivity contribution in [2.45, 2.75) is 33.7 Å².